The van der Waals surface area contributed by atoms with E-state index in [0.717, 1.165) is 11.4 Å². The number of carboxylic acids is 1. The third-order valence-corrected chi connectivity index (χ3v) is 3.91. The van der Waals surface area contributed by atoms with Gasteiger partial charge >= 0.3 is 5.97 Å². The minimum atomic E-state index is -1.04. The van der Waals surface area contributed by atoms with Crippen molar-refractivity contribution in [2.45, 2.75) is 19.4 Å². The molecule has 30 heavy (non-hydrogen) atoms. The average molecular weight is 406 g/mol. The van der Waals surface area contributed by atoms with E-state index < -0.39 is 12.1 Å². The zero-order valence-corrected chi connectivity index (χ0v) is 16.8. The second-order valence-electron chi connectivity index (χ2n) is 6.39. The number of anilines is 2. The van der Waals surface area contributed by atoms with Gasteiger partial charge in [0.25, 0.3) is 0 Å². The number of aliphatic carboxylic acids is 1. The molecule has 0 spiro atoms. The van der Waals surface area contributed by atoms with Gasteiger partial charge in [-0.2, -0.15) is 0 Å². The van der Waals surface area contributed by atoms with Crippen LogP contribution in [0.1, 0.15) is 13.3 Å². The summed E-state index contributed by atoms with van der Waals surface area (Å²) in [6.45, 7) is 1.66. The maximum Gasteiger partial charge on any atom is 0.344 e. The van der Waals surface area contributed by atoms with Gasteiger partial charge < -0.3 is 20.5 Å². The van der Waals surface area contributed by atoms with Gasteiger partial charge in [0.1, 0.15) is 5.75 Å². The number of carbonyl (C=O) groups excluding carboxylic acids is 1. The summed E-state index contributed by atoms with van der Waals surface area (Å²) < 4.78 is 5.31. The van der Waals surface area contributed by atoms with Gasteiger partial charge in [0, 0.05) is 31.3 Å². The second-order valence-corrected chi connectivity index (χ2v) is 6.39. The first-order valence-corrected chi connectivity index (χ1v) is 9.60. The molecular formula is C24H26N2O4. The Morgan fingerprint density at radius 1 is 0.833 bits per heavy atom. The smallest absolute Gasteiger partial charge is 0.344 e. The molecule has 0 aliphatic heterocycles. The van der Waals surface area contributed by atoms with Crippen LogP contribution in [0.4, 0.5) is 11.4 Å². The summed E-state index contributed by atoms with van der Waals surface area (Å²) in [7, 11) is 0. The van der Waals surface area contributed by atoms with Crippen LogP contribution in [0.5, 0.6) is 5.75 Å². The summed E-state index contributed by atoms with van der Waals surface area (Å²) >= 11 is 0. The van der Waals surface area contributed by atoms with Gasteiger partial charge in [-0.1, -0.05) is 54.6 Å². The molecule has 0 aliphatic rings. The Bertz CT molecular complexity index is 849. The fourth-order valence-electron chi connectivity index (χ4n) is 2.49. The first kappa shape index (κ1) is 22.5. The molecule has 0 saturated carbocycles. The maximum atomic E-state index is 10.9. The van der Waals surface area contributed by atoms with E-state index in [-0.39, 0.29) is 18.9 Å². The summed E-state index contributed by atoms with van der Waals surface area (Å²) in [5.41, 5.74) is 2.24. The van der Waals surface area contributed by atoms with Crippen molar-refractivity contribution in [3.05, 3.63) is 91.0 Å². The lowest BCUT2D eigenvalue weighted by Crippen LogP contribution is -2.32. The number of carboxylic acid groups (broad SMARTS) is 1. The third-order valence-electron chi connectivity index (χ3n) is 3.91. The summed E-state index contributed by atoms with van der Waals surface area (Å²) in [5.74, 6) is -0.726. The van der Waals surface area contributed by atoms with Gasteiger partial charge in [-0.15, -0.1) is 0 Å². The van der Waals surface area contributed by atoms with Gasteiger partial charge in [0.2, 0.25) is 5.91 Å². The van der Waals surface area contributed by atoms with Crippen molar-refractivity contribution < 1.29 is 19.4 Å². The summed E-state index contributed by atoms with van der Waals surface area (Å²) in [6, 6.07) is 29.0. The van der Waals surface area contributed by atoms with Crippen LogP contribution in [0.15, 0.2) is 91.0 Å². The number of amides is 1. The van der Waals surface area contributed by atoms with Crippen molar-refractivity contribution in [2.24, 2.45) is 0 Å². The SMILES string of the molecule is CC(=O)NCCC(Oc1ccccc1)C(=O)O.c1ccc(Nc2ccccc2)cc1. The lowest BCUT2D eigenvalue weighted by Gasteiger charge is -2.15. The van der Waals surface area contributed by atoms with Crippen molar-refractivity contribution >= 4 is 23.3 Å². The third kappa shape index (κ3) is 8.93. The molecule has 6 nitrogen and oxygen atoms in total. The van der Waals surface area contributed by atoms with E-state index in [2.05, 4.69) is 10.6 Å². The van der Waals surface area contributed by atoms with Crippen LogP contribution in [-0.2, 0) is 9.59 Å². The molecule has 6 heteroatoms. The number of nitrogens with one attached hydrogen (secondary N) is 2. The van der Waals surface area contributed by atoms with Crippen LogP contribution in [0.25, 0.3) is 0 Å². The summed E-state index contributed by atoms with van der Waals surface area (Å²) in [5, 5.41) is 14.8. The Hall–Kier alpha value is -3.80. The van der Waals surface area contributed by atoms with Gasteiger partial charge in [-0.3, -0.25) is 4.79 Å². The standard InChI is InChI=1S/C12H15NO4.C12H11N/c1-9(14)13-8-7-11(12(15)16)17-10-5-3-2-4-6-10;1-3-7-11(8-4-1)13-12-9-5-2-6-10-12/h2-6,11H,7-8H2,1H3,(H,13,14)(H,15,16);1-10,13H. The van der Waals surface area contributed by atoms with E-state index in [1.54, 1.807) is 24.3 Å². The predicted octanol–water partition coefficient (Wildman–Crippen LogP) is 4.48. The highest BCUT2D eigenvalue weighted by atomic mass is 16.5. The first-order valence-electron chi connectivity index (χ1n) is 9.60. The fourth-order valence-corrected chi connectivity index (χ4v) is 2.49. The predicted molar refractivity (Wildman–Crippen MR) is 118 cm³/mol. The number of hydrogen-bond donors (Lipinski definition) is 3. The van der Waals surface area contributed by atoms with Gasteiger partial charge in [-0.25, -0.2) is 4.79 Å². The van der Waals surface area contributed by atoms with Crippen LogP contribution in [0.2, 0.25) is 0 Å². The Balaban J connectivity index is 0.000000220. The van der Waals surface area contributed by atoms with E-state index in [1.165, 1.54) is 6.92 Å². The molecule has 0 fully saturated rings. The molecule has 0 saturated heterocycles. The first-order chi connectivity index (χ1) is 14.5. The van der Waals surface area contributed by atoms with Crippen LogP contribution in [0, 0.1) is 0 Å². The highest BCUT2D eigenvalue weighted by Crippen LogP contribution is 2.14. The quantitative estimate of drug-likeness (QED) is 0.514. The van der Waals surface area contributed by atoms with E-state index in [1.807, 2.05) is 66.7 Å². The molecule has 3 aromatic carbocycles. The van der Waals surface area contributed by atoms with Crippen molar-refractivity contribution in [3.63, 3.8) is 0 Å². The lowest BCUT2D eigenvalue weighted by molar-refractivity contribution is -0.145. The van der Waals surface area contributed by atoms with Crippen LogP contribution in [-0.4, -0.2) is 29.6 Å². The maximum absolute atomic E-state index is 10.9. The van der Waals surface area contributed by atoms with E-state index in [9.17, 15) is 9.59 Å². The topological polar surface area (TPSA) is 87.7 Å². The number of hydrogen-bond acceptors (Lipinski definition) is 4. The molecule has 0 heterocycles. The minimum Gasteiger partial charge on any atom is -0.479 e. The minimum absolute atomic E-state index is 0.186. The largest absolute Gasteiger partial charge is 0.479 e. The Kier molecular flexibility index (Phi) is 9.46. The van der Waals surface area contributed by atoms with Gasteiger partial charge in [-0.05, 0) is 36.4 Å². The highest BCUT2D eigenvalue weighted by Gasteiger charge is 2.18. The zero-order valence-electron chi connectivity index (χ0n) is 16.8. The number of carbonyl (C=O) groups is 2. The molecule has 1 unspecified atom stereocenters. The number of ether oxygens (including phenoxy) is 1. The average Bonchev–Trinajstić information content (AvgIpc) is 2.75. The molecule has 3 N–H and O–H groups in total. The second kappa shape index (κ2) is 12.6. The molecule has 0 radical (unpaired) electrons. The molecule has 0 aromatic heterocycles. The molecular weight excluding hydrogens is 380 g/mol. The Labute approximate surface area is 176 Å². The normalized spacial score (nSPS) is 10.7. The zero-order chi connectivity index (χ0) is 21.6. The van der Waals surface area contributed by atoms with Crippen molar-refractivity contribution in [2.75, 3.05) is 11.9 Å². The molecule has 0 bridgehead atoms. The van der Waals surface area contributed by atoms with E-state index in [0.29, 0.717) is 5.75 Å². The lowest BCUT2D eigenvalue weighted by atomic mass is 10.2. The Morgan fingerprint density at radius 2 is 1.30 bits per heavy atom. The van der Waals surface area contributed by atoms with Crippen LogP contribution >= 0.6 is 0 Å². The molecule has 1 amide bonds. The van der Waals surface area contributed by atoms with Crippen molar-refractivity contribution in [1.29, 1.82) is 0 Å². The number of benzene rings is 3. The van der Waals surface area contributed by atoms with E-state index in [4.69, 9.17) is 9.84 Å². The molecule has 0 aliphatic carbocycles. The van der Waals surface area contributed by atoms with Crippen molar-refractivity contribution in [1.82, 2.24) is 5.32 Å². The molecule has 3 aromatic rings. The molecule has 3 rings (SSSR count). The molecule has 1 atom stereocenters. The number of para-hydroxylation sites is 3. The van der Waals surface area contributed by atoms with Gasteiger partial charge in [0.15, 0.2) is 6.10 Å². The van der Waals surface area contributed by atoms with Crippen LogP contribution < -0.4 is 15.4 Å². The Morgan fingerprint density at radius 3 is 1.73 bits per heavy atom. The van der Waals surface area contributed by atoms with Crippen molar-refractivity contribution in [3.8, 4) is 5.75 Å². The monoisotopic (exact) mass is 406 g/mol. The summed E-state index contributed by atoms with van der Waals surface area (Å²) in [6.07, 6.45) is -0.728. The summed E-state index contributed by atoms with van der Waals surface area (Å²) in [4.78, 5) is 21.6. The highest BCUT2D eigenvalue weighted by molar-refractivity contribution is 5.74. The fraction of sp³-hybridized carbons (Fsp3) is 0.167. The number of rotatable bonds is 8. The molecule has 156 valence electrons. The van der Waals surface area contributed by atoms with Gasteiger partial charge in [0.05, 0.1) is 0 Å². The van der Waals surface area contributed by atoms with E-state index >= 15 is 0 Å². The van der Waals surface area contributed by atoms with Crippen LogP contribution in [0.3, 0.4) is 0 Å².